The number of nitrogens with one attached hydrogen (secondary N) is 1. The molecule has 0 unspecified atom stereocenters. The Labute approximate surface area is 161 Å². The molecule has 4 rings (SSSR count). The van der Waals surface area contributed by atoms with Gasteiger partial charge in [-0.1, -0.05) is 0 Å². The van der Waals surface area contributed by atoms with Gasteiger partial charge in [-0.05, 0) is 36.8 Å². The van der Waals surface area contributed by atoms with E-state index < -0.39 is 5.91 Å². The van der Waals surface area contributed by atoms with E-state index in [0.717, 1.165) is 38.9 Å². The Morgan fingerprint density at radius 3 is 2.82 bits per heavy atom. The molecule has 1 amide bonds. The summed E-state index contributed by atoms with van der Waals surface area (Å²) >= 11 is 0. The van der Waals surface area contributed by atoms with Gasteiger partial charge >= 0.3 is 0 Å². The molecule has 3 N–H and O–H groups in total. The number of pyridine rings is 1. The van der Waals surface area contributed by atoms with E-state index in [9.17, 15) is 4.79 Å². The highest BCUT2D eigenvalue weighted by molar-refractivity contribution is 6.07. The van der Waals surface area contributed by atoms with Crippen LogP contribution in [-0.4, -0.2) is 46.0 Å². The van der Waals surface area contributed by atoms with E-state index in [1.807, 2.05) is 42.9 Å². The smallest absolute Gasteiger partial charge is 0.267 e. The number of aryl methyl sites for hydroxylation is 2. The Morgan fingerprint density at radius 2 is 2.07 bits per heavy atom. The van der Waals surface area contributed by atoms with E-state index in [1.165, 1.54) is 0 Å². The molecule has 0 aliphatic heterocycles. The highest BCUT2D eigenvalue weighted by Gasteiger charge is 2.19. The summed E-state index contributed by atoms with van der Waals surface area (Å²) in [6, 6.07) is 7.66. The zero-order valence-electron chi connectivity index (χ0n) is 15.9. The molecule has 0 aliphatic carbocycles. The monoisotopic (exact) mass is 379 g/mol. The van der Waals surface area contributed by atoms with Gasteiger partial charge in [0.05, 0.1) is 6.61 Å². The van der Waals surface area contributed by atoms with Crippen molar-refractivity contribution < 1.29 is 14.3 Å². The number of nitrogens with two attached hydrogens (primary N) is 1. The van der Waals surface area contributed by atoms with E-state index in [2.05, 4.69) is 15.2 Å². The molecule has 0 saturated heterocycles. The summed E-state index contributed by atoms with van der Waals surface area (Å²) in [6.45, 7) is 2.91. The molecule has 0 bridgehead atoms. The summed E-state index contributed by atoms with van der Waals surface area (Å²) in [6.07, 6.45) is 2.02. The lowest BCUT2D eigenvalue weighted by atomic mass is 10.0. The normalized spacial score (nSPS) is 11.4. The van der Waals surface area contributed by atoms with Crippen molar-refractivity contribution in [1.82, 2.24) is 19.7 Å². The number of rotatable bonds is 6. The number of nitrogens with zero attached hydrogens (tertiary/aromatic N) is 3. The third-order valence-corrected chi connectivity index (χ3v) is 4.76. The summed E-state index contributed by atoms with van der Waals surface area (Å²) in [5, 5.41) is 9.02. The number of primary amides is 1. The van der Waals surface area contributed by atoms with Gasteiger partial charge in [0, 0.05) is 47.9 Å². The third-order valence-electron chi connectivity index (χ3n) is 4.76. The van der Waals surface area contributed by atoms with Gasteiger partial charge in [-0.15, -0.1) is 0 Å². The number of H-pyrrole nitrogens is 1. The van der Waals surface area contributed by atoms with Crippen molar-refractivity contribution in [3.8, 4) is 16.9 Å². The Hall–Kier alpha value is -3.39. The number of hydrogen-bond donors (Lipinski definition) is 2. The molecule has 144 valence electrons. The maximum atomic E-state index is 11.8. The quantitative estimate of drug-likeness (QED) is 0.501. The topological polar surface area (TPSA) is 108 Å². The number of carbonyl (C=O) groups excluding carboxylic acids is 1. The van der Waals surface area contributed by atoms with Gasteiger partial charge in [0.25, 0.3) is 5.91 Å². The number of carbonyl (C=O) groups is 1. The molecule has 3 heterocycles. The molecule has 4 aromatic rings. The van der Waals surface area contributed by atoms with Gasteiger partial charge in [-0.2, -0.15) is 5.10 Å². The maximum absolute atomic E-state index is 11.8. The van der Waals surface area contributed by atoms with E-state index in [1.54, 1.807) is 13.2 Å². The minimum absolute atomic E-state index is 0.179. The zero-order chi connectivity index (χ0) is 19.8. The van der Waals surface area contributed by atoms with Gasteiger partial charge in [-0.25, -0.2) is 4.98 Å². The highest BCUT2D eigenvalue weighted by atomic mass is 16.5. The molecule has 8 heteroatoms. The van der Waals surface area contributed by atoms with Crippen LogP contribution < -0.4 is 10.5 Å². The number of ether oxygens (including phenoxy) is 2. The molecular weight excluding hydrogens is 358 g/mol. The number of hydrogen-bond acceptors (Lipinski definition) is 5. The zero-order valence-corrected chi connectivity index (χ0v) is 15.9. The first-order valence-electron chi connectivity index (χ1n) is 8.86. The Bertz CT molecular complexity index is 1190. The van der Waals surface area contributed by atoms with Crippen molar-refractivity contribution in [3.05, 3.63) is 41.9 Å². The van der Waals surface area contributed by atoms with E-state index in [-0.39, 0.29) is 5.69 Å². The predicted octanol–water partition coefficient (Wildman–Crippen LogP) is 2.55. The van der Waals surface area contributed by atoms with Crippen molar-refractivity contribution >= 4 is 27.8 Å². The fourth-order valence-corrected chi connectivity index (χ4v) is 3.43. The van der Waals surface area contributed by atoms with E-state index in [4.69, 9.17) is 15.2 Å². The molecule has 28 heavy (non-hydrogen) atoms. The van der Waals surface area contributed by atoms with Gasteiger partial charge in [0.2, 0.25) is 0 Å². The molecular formula is C20H21N5O3. The molecule has 0 atom stereocenters. The van der Waals surface area contributed by atoms with Crippen LogP contribution in [0.1, 0.15) is 16.2 Å². The van der Waals surface area contributed by atoms with Crippen LogP contribution in [0.25, 0.3) is 33.1 Å². The lowest BCUT2D eigenvalue weighted by Gasteiger charge is -2.08. The average Bonchev–Trinajstić information content (AvgIpc) is 3.21. The lowest BCUT2D eigenvalue weighted by Crippen LogP contribution is -2.13. The van der Waals surface area contributed by atoms with Gasteiger partial charge in [0.15, 0.2) is 5.65 Å². The first-order valence-corrected chi connectivity index (χ1v) is 8.86. The molecule has 0 saturated carbocycles. The van der Waals surface area contributed by atoms with Crippen LogP contribution in [0.2, 0.25) is 0 Å². The van der Waals surface area contributed by atoms with Crippen LogP contribution in [0, 0.1) is 6.92 Å². The van der Waals surface area contributed by atoms with Crippen molar-refractivity contribution in [2.75, 3.05) is 20.3 Å². The fourth-order valence-electron chi connectivity index (χ4n) is 3.43. The summed E-state index contributed by atoms with van der Waals surface area (Å²) in [4.78, 5) is 16.1. The second-order valence-corrected chi connectivity index (χ2v) is 6.64. The Kier molecular flexibility index (Phi) is 4.48. The van der Waals surface area contributed by atoms with Crippen LogP contribution in [0.5, 0.6) is 5.75 Å². The number of aromatic amines is 1. The van der Waals surface area contributed by atoms with Crippen LogP contribution in [0.4, 0.5) is 0 Å². The Morgan fingerprint density at radius 1 is 1.25 bits per heavy atom. The maximum Gasteiger partial charge on any atom is 0.267 e. The summed E-state index contributed by atoms with van der Waals surface area (Å²) < 4.78 is 12.9. The van der Waals surface area contributed by atoms with Crippen molar-refractivity contribution in [1.29, 1.82) is 0 Å². The lowest BCUT2D eigenvalue weighted by molar-refractivity contribution is 0.0996. The largest absolute Gasteiger partial charge is 0.491 e. The second kappa shape index (κ2) is 6.97. The van der Waals surface area contributed by atoms with Gasteiger partial charge in [-0.3, -0.25) is 9.89 Å². The molecule has 0 spiro atoms. The number of fused-ring (bicyclic) bond motifs is 2. The van der Waals surface area contributed by atoms with Crippen LogP contribution >= 0.6 is 0 Å². The number of benzene rings is 1. The van der Waals surface area contributed by atoms with E-state index >= 15 is 0 Å². The predicted molar refractivity (Wildman–Crippen MR) is 106 cm³/mol. The summed E-state index contributed by atoms with van der Waals surface area (Å²) in [5.74, 6) is 0.161. The van der Waals surface area contributed by atoms with Crippen LogP contribution in [0.15, 0.2) is 30.5 Å². The first-order chi connectivity index (χ1) is 13.5. The molecule has 0 aliphatic rings. The van der Waals surface area contributed by atoms with Crippen molar-refractivity contribution in [2.24, 2.45) is 12.8 Å². The summed E-state index contributed by atoms with van der Waals surface area (Å²) in [5.41, 5.74) is 9.86. The fraction of sp³-hybridized carbons (Fsp3) is 0.250. The molecule has 0 radical (unpaired) electrons. The van der Waals surface area contributed by atoms with Crippen molar-refractivity contribution in [3.63, 3.8) is 0 Å². The Balaban J connectivity index is 1.94. The van der Waals surface area contributed by atoms with Gasteiger partial charge < -0.3 is 19.8 Å². The molecule has 3 aromatic heterocycles. The number of amides is 1. The SMILES string of the molecule is COCCOc1ccc2c(c1)c(-c1cc(C(N)=O)nc3n[nH]c(C)c13)cn2C. The van der Waals surface area contributed by atoms with Crippen molar-refractivity contribution in [2.45, 2.75) is 6.92 Å². The van der Waals surface area contributed by atoms with Crippen LogP contribution in [0.3, 0.4) is 0 Å². The molecule has 8 nitrogen and oxygen atoms in total. The third kappa shape index (κ3) is 2.97. The molecule has 1 aromatic carbocycles. The first kappa shape index (κ1) is 18.0. The average molecular weight is 379 g/mol. The standard InChI is InChI=1S/C20H21N5O3/c1-11-18-14(9-16(19(21)26)22-20(18)24-23-11)15-10-25(2)17-5-4-12(8-13(15)17)28-7-6-27-3/h4-5,8-10H,6-7H2,1-3H3,(H2,21,26)(H,22,23,24). The van der Waals surface area contributed by atoms with Gasteiger partial charge in [0.1, 0.15) is 18.1 Å². The summed E-state index contributed by atoms with van der Waals surface area (Å²) in [7, 11) is 3.62. The minimum Gasteiger partial charge on any atom is -0.491 e. The second-order valence-electron chi connectivity index (χ2n) is 6.64. The van der Waals surface area contributed by atoms with E-state index in [0.29, 0.717) is 18.9 Å². The van der Waals surface area contributed by atoms with Crippen LogP contribution in [-0.2, 0) is 11.8 Å². The highest BCUT2D eigenvalue weighted by Crippen LogP contribution is 2.37. The number of methoxy groups -OCH3 is 1. The minimum atomic E-state index is -0.590. The molecule has 0 fully saturated rings. The number of aromatic nitrogens is 4.